The minimum atomic E-state index is -1.01. The Labute approximate surface area is 149 Å². The third kappa shape index (κ3) is 4.92. The number of carbonyl (C=O) groups is 2. The Balaban J connectivity index is 2.18. The van der Waals surface area contributed by atoms with Gasteiger partial charge in [-0.05, 0) is 17.2 Å². The fraction of sp³-hybridized carbons (Fsp3) is 0.222. The van der Waals surface area contributed by atoms with Crippen molar-refractivity contribution in [1.29, 1.82) is 5.41 Å². The van der Waals surface area contributed by atoms with Crippen LogP contribution in [0.2, 0.25) is 0 Å². The standard InChI is InChI=1S/C18H18F2N4O2/c1-11(25)24-10-14-3-2-13(16(19)17(14)20)6-12-7-15(9-22-8-12)18(26)23-5-4-21/h2-4,7-9,21H,5-6,10H2,1H3,(H,23,26)(H,24,25). The van der Waals surface area contributed by atoms with Crippen molar-refractivity contribution in [1.82, 2.24) is 15.6 Å². The van der Waals surface area contributed by atoms with Crippen LogP contribution in [0.25, 0.3) is 0 Å². The fourth-order valence-corrected chi connectivity index (χ4v) is 2.30. The topological polar surface area (TPSA) is 94.9 Å². The summed E-state index contributed by atoms with van der Waals surface area (Å²) in [6, 6.07) is 4.39. The Hall–Kier alpha value is -3.16. The number of halogens is 2. The molecule has 8 heteroatoms. The first kappa shape index (κ1) is 19.2. The number of rotatable bonds is 7. The molecule has 2 rings (SSSR count). The summed E-state index contributed by atoms with van der Waals surface area (Å²) in [7, 11) is 0. The number of nitrogens with zero attached hydrogens (tertiary/aromatic N) is 1. The molecule has 0 aliphatic heterocycles. The van der Waals surface area contributed by atoms with E-state index in [4.69, 9.17) is 5.41 Å². The molecule has 136 valence electrons. The van der Waals surface area contributed by atoms with E-state index in [0.717, 1.165) is 6.21 Å². The molecule has 0 saturated carbocycles. The molecule has 0 saturated heterocycles. The molecule has 0 atom stereocenters. The van der Waals surface area contributed by atoms with Gasteiger partial charge in [-0.15, -0.1) is 0 Å². The van der Waals surface area contributed by atoms with Gasteiger partial charge in [0.25, 0.3) is 5.91 Å². The van der Waals surface area contributed by atoms with E-state index in [0.29, 0.717) is 5.56 Å². The first-order chi connectivity index (χ1) is 12.4. The van der Waals surface area contributed by atoms with Crippen molar-refractivity contribution in [2.45, 2.75) is 19.9 Å². The summed E-state index contributed by atoms with van der Waals surface area (Å²) in [5.74, 6) is -2.74. The predicted molar refractivity (Wildman–Crippen MR) is 92.0 cm³/mol. The van der Waals surface area contributed by atoms with E-state index in [1.807, 2.05) is 0 Å². The van der Waals surface area contributed by atoms with E-state index in [2.05, 4.69) is 15.6 Å². The molecular weight excluding hydrogens is 342 g/mol. The monoisotopic (exact) mass is 360 g/mol. The highest BCUT2D eigenvalue weighted by molar-refractivity contribution is 5.95. The fourth-order valence-electron chi connectivity index (χ4n) is 2.30. The zero-order valence-electron chi connectivity index (χ0n) is 14.1. The van der Waals surface area contributed by atoms with Gasteiger partial charge in [0.2, 0.25) is 5.91 Å². The van der Waals surface area contributed by atoms with Gasteiger partial charge >= 0.3 is 0 Å². The van der Waals surface area contributed by atoms with Crippen LogP contribution in [0.5, 0.6) is 0 Å². The van der Waals surface area contributed by atoms with Crippen molar-refractivity contribution in [2.24, 2.45) is 0 Å². The van der Waals surface area contributed by atoms with Crippen molar-refractivity contribution in [3.05, 3.63) is 64.5 Å². The van der Waals surface area contributed by atoms with Crippen molar-refractivity contribution in [3.8, 4) is 0 Å². The van der Waals surface area contributed by atoms with Crippen LogP contribution in [0.1, 0.15) is 34.0 Å². The van der Waals surface area contributed by atoms with Crippen LogP contribution in [0.15, 0.2) is 30.6 Å². The van der Waals surface area contributed by atoms with E-state index in [1.165, 1.54) is 37.5 Å². The predicted octanol–water partition coefficient (Wildman–Crippen LogP) is 1.97. The van der Waals surface area contributed by atoms with Crippen LogP contribution in [0.4, 0.5) is 8.78 Å². The summed E-state index contributed by atoms with van der Waals surface area (Å²) >= 11 is 0. The first-order valence-corrected chi connectivity index (χ1v) is 7.83. The van der Waals surface area contributed by atoms with Gasteiger partial charge in [0.15, 0.2) is 11.6 Å². The van der Waals surface area contributed by atoms with Crippen LogP contribution in [0.3, 0.4) is 0 Å². The van der Waals surface area contributed by atoms with Crippen LogP contribution in [-0.4, -0.2) is 29.6 Å². The number of nitrogens with one attached hydrogen (secondary N) is 3. The molecule has 2 aromatic rings. The first-order valence-electron chi connectivity index (χ1n) is 7.83. The quantitative estimate of drug-likeness (QED) is 0.659. The lowest BCUT2D eigenvalue weighted by Crippen LogP contribution is -2.25. The van der Waals surface area contributed by atoms with Gasteiger partial charge in [0, 0.05) is 44.1 Å². The summed E-state index contributed by atoms with van der Waals surface area (Å²) in [5.41, 5.74) is 0.986. The average Bonchev–Trinajstić information content (AvgIpc) is 2.63. The van der Waals surface area contributed by atoms with Gasteiger partial charge < -0.3 is 16.0 Å². The zero-order chi connectivity index (χ0) is 19.1. The lowest BCUT2D eigenvalue weighted by molar-refractivity contribution is -0.119. The largest absolute Gasteiger partial charge is 0.352 e. The number of hydrogen-bond acceptors (Lipinski definition) is 4. The molecule has 0 spiro atoms. The van der Waals surface area contributed by atoms with Gasteiger partial charge in [-0.1, -0.05) is 12.1 Å². The van der Waals surface area contributed by atoms with E-state index in [-0.39, 0.29) is 42.1 Å². The Morgan fingerprint density at radius 3 is 2.54 bits per heavy atom. The Bertz CT molecular complexity index is 840. The number of carbonyl (C=O) groups excluding carboxylic acids is 2. The van der Waals surface area contributed by atoms with E-state index in [9.17, 15) is 18.4 Å². The highest BCUT2D eigenvalue weighted by atomic mass is 19.2. The maximum atomic E-state index is 14.3. The molecule has 0 bridgehead atoms. The van der Waals surface area contributed by atoms with E-state index < -0.39 is 17.5 Å². The van der Waals surface area contributed by atoms with E-state index >= 15 is 0 Å². The molecule has 2 amide bonds. The summed E-state index contributed by atoms with van der Waals surface area (Å²) in [5, 5.41) is 11.8. The molecule has 0 radical (unpaired) electrons. The summed E-state index contributed by atoms with van der Waals surface area (Å²) in [6.07, 6.45) is 3.93. The van der Waals surface area contributed by atoms with Crippen LogP contribution < -0.4 is 10.6 Å². The van der Waals surface area contributed by atoms with Gasteiger partial charge in [-0.3, -0.25) is 14.6 Å². The summed E-state index contributed by atoms with van der Waals surface area (Å²) in [4.78, 5) is 26.7. The Kier molecular flexibility index (Phi) is 6.48. The molecule has 0 fully saturated rings. The minimum Gasteiger partial charge on any atom is -0.352 e. The second-order valence-corrected chi connectivity index (χ2v) is 5.59. The molecule has 0 aliphatic carbocycles. The van der Waals surface area contributed by atoms with Crippen molar-refractivity contribution < 1.29 is 18.4 Å². The molecule has 3 N–H and O–H groups in total. The van der Waals surface area contributed by atoms with Gasteiger partial charge in [-0.2, -0.15) is 0 Å². The minimum absolute atomic E-state index is 0.0550. The zero-order valence-corrected chi connectivity index (χ0v) is 14.1. The molecule has 0 unspecified atom stereocenters. The van der Waals surface area contributed by atoms with Crippen molar-refractivity contribution in [2.75, 3.05) is 6.54 Å². The Morgan fingerprint density at radius 2 is 1.85 bits per heavy atom. The lowest BCUT2D eigenvalue weighted by Gasteiger charge is -2.10. The summed E-state index contributed by atoms with van der Waals surface area (Å²) in [6.45, 7) is 1.29. The molecule has 1 aromatic heterocycles. The average molecular weight is 360 g/mol. The number of amides is 2. The maximum absolute atomic E-state index is 14.3. The number of aromatic nitrogens is 1. The maximum Gasteiger partial charge on any atom is 0.253 e. The van der Waals surface area contributed by atoms with Crippen LogP contribution in [0, 0.1) is 17.0 Å². The third-order valence-electron chi connectivity index (χ3n) is 3.59. The van der Waals surface area contributed by atoms with Crippen molar-refractivity contribution >= 4 is 18.0 Å². The van der Waals surface area contributed by atoms with Crippen LogP contribution in [-0.2, 0) is 17.8 Å². The number of pyridine rings is 1. The Morgan fingerprint density at radius 1 is 1.15 bits per heavy atom. The highest BCUT2D eigenvalue weighted by Gasteiger charge is 2.15. The molecule has 1 heterocycles. The second-order valence-electron chi connectivity index (χ2n) is 5.59. The summed E-state index contributed by atoms with van der Waals surface area (Å²) < 4.78 is 28.4. The van der Waals surface area contributed by atoms with Gasteiger partial charge in [-0.25, -0.2) is 8.78 Å². The van der Waals surface area contributed by atoms with Crippen LogP contribution >= 0.6 is 0 Å². The van der Waals surface area contributed by atoms with Gasteiger partial charge in [0.1, 0.15) is 0 Å². The molecular formula is C18H18F2N4O2. The molecule has 26 heavy (non-hydrogen) atoms. The SMILES string of the molecule is CC(=O)NCc1ccc(Cc2cncc(C(=O)NCC=N)c2)c(F)c1F. The van der Waals surface area contributed by atoms with Crippen molar-refractivity contribution in [3.63, 3.8) is 0 Å². The number of hydrogen-bond donors (Lipinski definition) is 3. The smallest absolute Gasteiger partial charge is 0.253 e. The normalized spacial score (nSPS) is 10.3. The molecule has 1 aromatic carbocycles. The van der Waals surface area contributed by atoms with Gasteiger partial charge in [0.05, 0.1) is 12.1 Å². The lowest BCUT2D eigenvalue weighted by atomic mass is 10.0. The number of benzene rings is 1. The van der Waals surface area contributed by atoms with E-state index in [1.54, 1.807) is 0 Å². The molecule has 0 aliphatic rings. The third-order valence-corrected chi connectivity index (χ3v) is 3.59. The highest BCUT2D eigenvalue weighted by Crippen LogP contribution is 2.19. The second kappa shape index (κ2) is 8.80. The molecule has 6 nitrogen and oxygen atoms in total.